The van der Waals surface area contributed by atoms with Crippen LogP contribution >= 0.6 is 11.3 Å². The van der Waals surface area contributed by atoms with Gasteiger partial charge in [-0.05, 0) is 55.6 Å². The molecule has 1 aromatic heterocycles. The van der Waals surface area contributed by atoms with Crippen molar-refractivity contribution in [3.63, 3.8) is 0 Å². The zero-order valence-corrected chi connectivity index (χ0v) is 14.8. The summed E-state index contributed by atoms with van der Waals surface area (Å²) in [6.07, 6.45) is 5.68. The van der Waals surface area contributed by atoms with Crippen molar-refractivity contribution in [2.75, 3.05) is 19.7 Å². The zero-order valence-electron chi connectivity index (χ0n) is 14.0. The number of ether oxygens (including phenoxy) is 1. The van der Waals surface area contributed by atoms with E-state index in [-0.39, 0.29) is 18.5 Å². The Kier molecular flexibility index (Phi) is 5.05. The molecular weight excluding hydrogens is 310 g/mol. The first-order valence-electron chi connectivity index (χ1n) is 8.59. The number of likely N-dealkylation sites (tertiary alicyclic amines) is 1. The van der Waals surface area contributed by atoms with Gasteiger partial charge in [-0.25, -0.2) is 4.79 Å². The van der Waals surface area contributed by atoms with Crippen LogP contribution in [-0.2, 0) is 22.4 Å². The largest absolute Gasteiger partial charge is 0.451 e. The predicted molar refractivity (Wildman–Crippen MR) is 90.8 cm³/mol. The zero-order chi connectivity index (χ0) is 16.4. The highest BCUT2D eigenvalue weighted by atomic mass is 32.1. The number of thiophene rings is 1. The summed E-state index contributed by atoms with van der Waals surface area (Å²) in [5, 5.41) is 0. The number of nitrogens with zero attached hydrogens (tertiary/aromatic N) is 1. The maximum atomic E-state index is 12.3. The monoisotopic (exact) mass is 335 g/mol. The van der Waals surface area contributed by atoms with Crippen LogP contribution < -0.4 is 0 Å². The van der Waals surface area contributed by atoms with E-state index in [1.54, 1.807) is 0 Å². The van der Waals surface area contributed by atoms with Gasteiger partial charge in [-0.15, -0.1) is 11.3 Å². The molecule has 1 aliphatic carbocycles. The average molecular weight is 335 g/mol. The highest BCUT2D eigenvalue weighted by molar-refractivity contribution is 7.14. The van der Waals surface area contributed by atoms with E-state index in [9.17, 15) is 9.59 Å². The molecule has 0 saturated carbocycles. The summed E-state index contributed by atoms with van der Waals surface area (Å²) in [4.78, 5) is 28.3. The highest BCUT2D eigenvalue weighted by Crippen LogP contribution is 2.30. The van der Waals surface area contributed by atoms with Crippen LogP contribution in [0.4, 0.5) is 0 Å². The normalized spacial score (nSPS) is 24.2. The fraction of sp³-hybridized carbons (Fsp3) is 0.667. The van der Waals surface area contributed by atoms with Gasteiger partial charge in [-0.1, -0.05) is 13.8 Å². The molecule has 2 heterocycles. The van der Waals surface area contributed by atoms with E-state index in [0.717, 1.165) is 32.4 Å². The number of carbonyl (C=O) groups excluding carboxylic acids is 2. The number of carbonyl (C=O) groups is 2. The molecule has 2 atom stereocenters. The van der Waals surface area contributed by atoms with Gasteiger partial charge >= 0.3 is 5.97 Å². The summed E-state index contributed by atoms with van der Waals surface area (Å²) >= 11 is 1.53. The summed E-state index contributed by atoms with van der Waals surface area (Å²) < 4.78 is 5.27. The Bertz CT molecular complexity index is 562. The van der Waals surface area contributed by atoms with Crippen LogP contribution in [-0.4, -0.2) is 36.5 Å². The lowest BCUT2D eigenvalue weighted by Crippen LogP contribution is -2.44. The summed E-state index contributed by atoms with van der Waals surface area (Å²) in [7, 11) is 0. The molecule has 0 radical (unpaired) electrons. The van der Waals surface area contributed by atoms with E-state index in [0.29, 0.717) is 16.7 Å². The second kappa shape index (κ2) is 7.04. The van der Waals surface area contributed by atoms with E-state index in [2.05, 4.69) is 13.8 Å². The highest BCUT2D eigenvalue weighted by Gasteiger charge is 2.26. The number of fused-ring (bicyclic) bond motifs is 1. The molecule has 1 amide bonds. The van der Waals surface area contributed by atoms with E-state index in [1.165, 1.54) is 34.6 Å². The lowest BCUT2D eigenvalue weighted by Gasteiger charge is -2.34. The van der Waals surface area contributed by atoms with Crippen LogP contribution in [0.3, 0.4) is 0 Å². The molecule has 0 bridgehead atoms. The van der Waals surface area contributed by atoms with Gasteiger partial charge in [0.05, 0.1) is 0 Å². The number of amides is 1. The Labute approximate surface area is 141 Å². The third kappa shape index (κ3) is 3.94. The fourth-order valence-electron chi connectivity index (χ4n) is 3.75. The van der Waals surface area contributed by atoms with Crippen molar-refractivity contribution in [1.29, 1.82) is 0 Å². The second-order valence-electron chi connectivity index (χ2n) is 7.09. The Morgan fingerprint density at radius 1 is 1.22 bits per heavy atom. The number of rotatable bonds is 3. The first-order valence-corrected chi connectivity index (χ1v) is 9.41. The minimum Gasteiger partial charge on any atom is -0.451 e. The average Bonchev–Trinajstić information content (AvgIpc) is 2.95. The van der Waals surface area contributed by atoms with Crippen LogP contribution in [0.1, 0.15) is 53.2 Å². The van der Waals surface area contributed by atoms with E-state index in [1.807, 2.05) is 11.0 Å². The Hall–Kier alpha value is -1.36. The molecule has 1 saturated heterocycles. The molecular formula is C18H25NO3S. The van der Waals surface area contributed by atoms with Gasteiger partial charge in [-0.2, -0.15) is 0 Å². The molecule has 0 N–H and O–H groups in total. The number of piperidine rings is 1. The Balaban J connectivity index is 1.54. The van der Waals surface area contributed by atoms with Gasteiger partial charge in [0, 0.05) is 18.0 Å². The van der Waals surface area contributed by atoms with Crippen LogP contribution in [0.25, 0.3) is 0 Å². The van der Waals surface area contributed by atoms with Crippen LogP contribution in [0.2, 0.25) is 0 Å². The third-order valence-corrected chi connectivity index (χ3v) is 5.96. The van der Waals surface area contributed by atoms with Crippen molar-refractivity contribution in [2.24, 2.45) is 11.8 Å². The molecule has 2 aliphatic rings. The van der Waals surface area contributed by atoms with Crippen molar-refractivity contribution in [3.05, 3.63) is 21.4 Å². The summed E-state index contributed by atoms with van der Waals surface area (Å²) in [6.45, 7) is 5.74. The molecule has 1 aliphatic heterocycles. The standard InChI is InChI=1S/C18H25NO3S/c1-12-7-13(2)10-19(9-12)17(20)11-22-18(21)16-8-14-5-3-4-6-15(14)23-16/h8,12-13H,3-7,9-11H2,1-2H3. The number of esters is 1. The number of aryl methyl sites for hydroxylation is 2. The number of hydrogen-bond acceptors (Lipinski definition) is 4. The molecule has 3 rings (SSSR count). The topological polar surface area (TPSA) is 46.6 Å². The lowest BCUT2D eigenvalue weighted by atomic mass is 9.92. The first-order chi connectivity index (χ1) is 11.0. The molecule has 0 spiro atoms. The Morgan fingerprint density at radius 2 is 1.91 bits per heavy atom. The molecule has 1 aromatic rings. The van der Waals surface area contributed by atoms with Gasteiger partial charge in [0.2, 0.25) is 0 Å². The molecule has 0 aromatic carbocycles. The van der Waals surface area contributed by atoms with E-state index in [4.69, 9.17) is 4.74 Å². The summed E-state index contributed by atoms with van der Waals surface area (Å²) in [6, 6.07) is 1.96. The van der Waals surface area contributed by atoms with Gasteiger partial charge in [0.1, 0.15) is 4.88 Å². The van der Waals surface area contributed by atoms with Crippen molar-refractivity contribution in [3.8, 4) is 0 Å². The maximum Gasteiger partial charge on any atom is 0.348 e. The van der Waals surface area contributed by atoms with Crippen molar-refractivity contribution >= 4 is 23.2 Å². The van der Waals surface area contributed by atoms with E-state index >= 15 is 0 Å². The summed E-state index contributed by atoms with van der Waals surface area (Å²) in [5.74, 6) is 0.610. The lowest BCUT2D eigenvalue weighted by molar-refractivity contribution is -0.137. The minimum atomic E-state index is -0.351. The maximum absolute atomic E-state index is 12.3. The molecule has 4 nitrogen and oxygen atoms in total. The smallest absolute Gasteiger partial charge is 0.348 e. The van der Waals surface area contributed by atoms with Crippen LogP contribution in [0, 0.1) is 11.8 Å². The van der Waals surface area contributed by atoms with Gasteiger partial charge < -0.3 is 9.64 Å². The molecule has 23 heavy (non-hydrogen) atoms. The Morgan fingerprint density at radius 3 is 2.61 bits per heavy atom. The quantitative estimate of drug-likeness (QED) is 0.796. The molecule has 5 heteroatoms. The predicted octanol–water partition coefficient (Wildman–Crippen LogP) is 3.29. The van der Waals surface area contributed by atoms with Crippen molar-refractivity contribution in [1.82, 2.24) is 4.90 Å². The van der Waals surface area contributed by atoms with Crippen molar-refractivity contribution < 1.29 is 14.3 Å². The third-order valence-electron chi connectivity index (χ3n) is 4.75. The number of hydrogen-bond donors (Lipinski definition) is 0. The SMILES string of the molecule is CC1CC(C)CN(C(=O)COC(=O)c2cc3c(s2)CCCC3)C1. The molecule has 2 unspecified atom stereocenters. The summed E-state index contributed by atoms with van der Waals surface area (Å²) in [5.41, 5.74) is 1.29. The van der Waals surface area contributed by atoms with Crippen LogP contribution in [0.15, 0.2) is 6.07 Å². The second-order valence-corrected chi connectivity index (χ2v) is 8.22. The van der Waals surface area contributed by atoms with Gasteiger partial charge in [0.15, 0.2) is 6.61 Å². The van der Waals surface area contributed by atoms with E-state index < -0.39 is 0 Å². The van der Waals surface area contributed by atoms with Crippen LogP contribution in [0.5, 0.6) is 0 Å². The minimum absolute atomic E-state index is 0.0712. The fourth-order valence-corrected chi connectivity index (χ4v) is 4.89. The molecule has 1 fully saturated rings. The van der Waals surface area contributed by atoms with Gasteiger partial charge in [-0.3, -0.25) is 4.79 Å². The van der Waals surface area contributed by atoms with Gasteiger partial charge in [0.25, 0.3) is 5.91 Å². The molecule has 126 valence electrons. The first kappa shape index (κ1) is 16.5. The van der Waals surface area contributed by atoms with Crippen molar-refractivity contribution in [2.45, 2.75) is 46.0 Å².